The second-order valence-electron chi connectivity index (χ2n) is 12.9. The smallest absolute Gasteiger partial charge is 0.319 e. The molecule has 1 saturated carbocycles. The van der Waals surface area contributed by atoms with E-state index >= 15 is 8.78 Å². The van der Waals surface area contributed by atoms with Crippen molar-refractivity contribution >= 4 is 27.5 Å². The molecule has 4 heterocycles. The van der Waals surface area contributed by atoms with E-state index < -0.39 is 17.5 Å². The number of phenols is 1. The van der Waals surface area contributed by atoms with Crippen molar-refractivity contribution in [1.29, 1.82) is 0 Å². The molecule has 3 aliphatic heterocycles. The van der Waals surface area contributed by atoms with E-state index in [0.717, 1.165) is 64.5 Å². The SMILES string of the molecule is Oc1cc(-c2ccc3c(N4C[C@H]5CC[C@@H](C4)N5)nc(OCC4(CN5CCCC5)CC4)nc3c2F)c2c(F)c(F)ccc2c1. The fourth-order valence-corrected chi connectivity index (χ4v) is 7.36. The normalized spacial score (nSPS) is 23.0. The molecule has 0 amide bonds. The zero-order valence-electron chi connectivity index (χ0n) is 23.9. The quantitative estimate of drug-likeness (QED) is 0.284. The van der Waals surface area contributed by atoms with Gasteiger partial charge in [0.25, 0.3) is 0 Å². The summed E-state index contributed by atoms with van der Waals surface area (Å²) >= 11 is 0. The van der Waals surface area contributed by atoms with Crippen LogP contribution in [0.5, 0.6) is 11.8 Å². The van der Waals surface area contributed by atoms with Gasteiger partial charge in [0.05, 0.1) is 6.61 Å². The third-order valence-electron chi connectivity index (χ3n) is 9.79. The van der Waals surface area contributed by atoms with Gasteiger partial charge in [-0.05, 0) is 86.8 Å². The van der Waals surface area contributed by atoms with Crippen molar-refractivity contribution in [3.05, 3.63) is 53.8 Å². The molecule has 4 aromatic rings. The lowest BCUT2D eigenvalue weighted by Gasteiger charge is -2.34. The molecule has 0 spiro atoms. The summed E-state index contributed by atoms with van der Waals surface area (Å²) in [6.45, 7) is 5.17. The number of anilines is 1. The van der Waals surface area contributed by atoms with Gasteiger partial charge in [-0.1, -0.05) is 12.1 Å². The van der Waals surface area contributed by atoms with E-state index in [-0.39, 0.29) is 44.6 Å². The van der Waals surface area contributed by atoms with Crippen molar-refractivity contribution in [2.75, 3.05) is 44.2 Å². The maximum absolute atomic E-state index is 16.6. The van der Waals surface area contributed by atoms with Gasteiger partial charge in [-0.3, -0.25) is 0 Å². The van der Waals surface area contributed by atoms with Crippen molar-refractivity contribution in [3.8, 4) is 22.9 Å². The molecule has 4 fully saturated rings. The van der Waals surface area contributed by atoms with Gasteiger partial charge in [-0.2, -0.15) is 9.97 Å². The van der Waals surface area contributed by atoms with E-state index in [1.807, 2.05) is 0 Å². The molecule has 0 radical (unpaired) electrons. The summed E-state index contributed by atoms with van der Waals surface area (Å²) in [7, 11) is 0. The van der Waals surface area contributed by atoms with E-state index in [0.29, 0.717) is 29.9 Å². The topological polar surface area (TPSA) is 73.8 Å². The standard InChI is InChI=1S/C33H34F3N5O2/c34-26-8-3-19-13-22(42)14-25(27(19)29(26)36)23-6-7-24-30(28(23)35)38-32(39-31(24)41-15-20-4-5-21(16-41)37-20)43-18-33(9-10-33)17-40-11-1-2-12-40/h3,6-8,13-14,20-21,37,42H,1-2,4-5,9-12,15-18H2/t20-,21+. The number of piperazine rings is 1. The Kier molecular flexibility index (Phi) is 6.41. The van der Waals surface area contributed by atoms with Crippen LogP contribution < -0.4 is 15.0 Å². The summed E-state index contributed by atoms with van der Waals surface area (Å²) in [5.74, 6) is -2.39. The lowest BCUT2D eigenvalue weighted by Crippen LogP contribution is -2.51. The highest BCUT2D eigenvalue weighted by molar-refractivity contribution is 6.01. The second kappa shape index (κ2) is 10.2. The highest BCUT2D eigenvalue weighted by Crippen LogP contribution is 2.47. The fraction of sp³-hybridized carbons (Fsp3) is 0.455. The van der Waals surface area contributed by atoms with Gasteiger partial charge in [-0.25, -0.2) is 13.2 Å². The maximum atomic E-state index is 16.6. The number of fused-ring (bicyclic) bond motifs is 4. The van der Waals surface area contributed by atoms with Crippen molar-refractivity contribution in [2.24, 2.45) is 5.41 Å². The van der Waals surface area contributed by atoms with Crippen LogP contribution in [-0.4, -0.2) is 71.4 Å². The lowest BCUT2D eigenvalue weighted by atomic mass is 9.95. The van der Waals surface area contributed by atoms with Crippen molar-refractivity contribution in [3.63, 3.8) is 0 Å². The van der Waals surface area contributed by atoms with Gasteiger partial charge in [0.15, 0.2) is 17.5 Å². The maximum Gasteiger partial charge on any atom is 0.319 e. The summed E-state index contributed by atoms with van der Waals surface area (Å²) in [5, 5.41) is 14.7. The monoisotopic (exact) mass is 589 g/mol. The Balaban J connectivity index is 1.23. The summed E-state index contributed by atoms with van der Waals surface area (Å²) < 4.78 is 52.3. The Bertz CT molecular complexity index is 1730. The molecule has 10 heteroatoms. The van der Waals surface area contributed by atoms with Crippen molar-refractivity contribution < 1.29 is 23.0 Å². The number of halogens is 3. The highest BCUT2D eigenvalue weighted by Gasteiger charge is 2.45. The van der Waals surface area contributed by atoms with Crippen LogP contribution >= 0.6 is 0 Å². The summed E-state index contributed by atoms with van der Waals surface area (Å²) in [6.07, 6.45) is 6.78. The number of likely N-dealkylation sites (tertiary alicyclic amines) is 1. The number of ether oxygens (including phenoxy) is 1. The van der Waals surface area contributed by atoms with E-state index in [9.17, 15) is 9.50 Å². The third kappa shape index (κ3) is 4.84. The van der Waals surface area contributed by atoms with Crippen LogP contribution in [0.25, 0.3) is 32.8 Å². The van der Waals surface area contributed by atoms with Crippen molar-refractivity contribution in [2.45, 2.75) is 50.6 Å². The van der Waals surface area contributed by atoms with Gasteiger partial charge in [0, 0.05) is 53.5 Å². The molecule has 43 heavy (non-hydrogen) atoms. The number of rotatable bonds is 7. The van der Waals surface area contributed by atoms with Crippen LogP contribution in [0, 0.1) is 22.9 Å². The van der Waals surface area contributed by atoms with Crippen LogP contribution in [0.3, 0.4) is 0 Å². The summed E-state index contributed by atoms with van der Waals surface area (Å²) in [4.78, 5) is 14.1. The molecule has 1 aromatic heterocycles. The van der Waals surface area contributed by atoms with Crippen LogP contribution in [0.15, 0.2) is 36.4 Å². The first-order chi connectivity index (χ1) is 20.9. The molecule has 2 bridgehead atoms. The molecule has 1 aliphatic carbocycles. The first-order valence-corrected chi connectivity index (χ1v) is 15.3. The molecule has 7 nitrogen and oxygen atoms in total. The molecule has 224 valence electrons. The van der Waals surface area contributed by atoms with Gasteiger partial charge in [0.2, 0.25) is 0 Å². The van der Waals surface area contributed by atoms with Gasteiger partial charge in [0.1, 0.15) is 17.1 Å². The first-order valence-electron chi connectivity index (χ1n) is 15.3. The number of benzene rings is 3. The Labute approximate surface area is 247 Å². The number of hydrogen-bond acceptors (Lipinski definition) is 7. The van der Waals surface area contributed by atoms with Crippen molar-refractivity contribution in [1.82, 2.24) is 20.2 Å². The molecule has 0 unspecified atom stereocenters. The molecule has 2 atom stereocenters. The lowest BCUT2D eigenvalue weighted by molar-refractivity contribution is 0.170. The minimum atomic E-state index is -1.09. The zero-order valence-corrected chi connectivity index (χ0v) is 23.9. The number of nitrogens with zero attached hydrogens (tertiary/aromatic N) is 4. The Hall–Kier alpha value is -3.63. The summed E-state index contributed by atoms with van der Waals surface area (Å²) in [5.41, 5.74) is 0.193. The Morgan fingerprint density at radius 3 is 2.44 bits per heavy atom. The molecule has 3 saturated heterocycles. The Morgan fingerprint density at radius 2 is 1.70 bits per heavy atom. The van der Waals surface area contributed by atoms with Crippen LogP contribution in [-0.2, 0) is 0 Å². The molecule has 2 N–H and O–H groups in total. The molecule has 8 rings (SSSR count). The number of phenolic OH excluding ortho intramolecular Hbond substituents is 1. The summed E-state index contributed by atoms with van der Waals surface area (Å²) in [6, 6.07) is 9.03. The predicted molar refractivity (Wildman–Crippen MR) is 159 cm³/mol. The van der Waals surface area contributed by atoms with E-state index in [2.05, 4.69) is 20.1 Å². The number of aromatic hydroxyl groups is 1. The number of aromatic nitrogens is 2. The largest absolute Gasteiger partial charge is 0.508 e. The van der Waals surface area contributed by atoms with E-state index in [1.165, 1.54) is 37.1 Å². The Morgan fingerprint density at radius 1 is 0.930 bits per heavy atom. The predicted octanol–water partition coefficient (Wildman–Crippen LogP) is 5.77. The molecular formula is C33H34F3N5O2. The molecule has 3 aromatic carbocycles. The third-order valence-corrected chi connectivity index (χ3v) is 9.79. The second-order valence-corrected chi connectivity index (χ2v) is 12.9. The van der Waals surface area contributed by atoms with Gasteiger partial charge < -0.3 is 25.0 Å². The number of hydrogen-bond donors (Lipinski definition) is 2. The fourth-order valence-electron chi connectivity index (χ4n) is 7.36. The molecule has 4 aliphatic rings. The average Bonchev–Trinajstić information content (AvgIpc) is 3.40. The van der Waals surface area contributed by atoms with Gasteiger partial charge in [-0.15, -0.1) is 0 Å². The first kappa shape index (κ1) is 27.0. The van der Waals surface area contributed by atoms with Crippen LogP contribution in [0.1, 0.15) is 38.5 Å². The van der Waals surface area contributed by atoms with E-state index in [4.69, 9.17) is 9.72 Å². The zero-order chi connectivity index (χ0) is 29.3. The van der Waals surface area contributed by atoms with E-state index in [1.54, 1.807) is 6.07 Å². The highest BCUT2D eigenvalue weighted by atomic mass is 19.2. The van der Waals surface area contributed by atoms with Crippen LogP contribution in [0.4, 0.5) is 19.0 Å². The van der Waals surface area contributed by atoms with Gasteiger partial charge >= 0.3 is 6.01 Å². The average molecular weight is 590 g/mol. The minimum absolute atomic E-state index is 0.0153. The minimum Gasteiger partial charge on any atom is -0.508 e. The number of nitrogens with one attached hydrogen (secondary N) is 1. The molecular weight excluding hydrogens is 555 g/mol. The van der Waals surface area contributed by atoms with Crippen LogP contribution in [0.2, 0.25) is 0 Å².